The molecule has 0 spiro atoms. The lowest BCUT2D eigenvalue weighted by Crippen LogP contribution is -2.27. The molecule has 0 radical (unpaired) electrons. The number of carbonyl (C=O) groups excluding carboxylic acids is 1. The molecule has 1 amide bonds. The van der Waals surface area contributed by atoms with Crippen molar-refractivity contribution >= 4 is 56.7 Å². The topological polar surface area (TPSA) is 66.5 Å². The molecular formula is C35H34ClN3O2S. The molecule has 0 saturated heterocycles. The first-order valence-corrected chi connectivity index (χ1v) is 15.4. The number of carbonyl (C=O) groups is 1. The summed E-state index contributed by atoms with van der Waals surface area (Å²) < 4.78 is 5.67. The van der Waals surface area contributed by atoms with Gasteiger partial charge in [0.15, 0.2) is 0 Å². The number of aromatic nitrogens is 1. The van der Waals surface area contributed by atoms with Crippen LogP contribution in [0, 0.1) is 11.3 Å². The van der Waals surface area contributed by atoms with Crippen molar-refractivity contribution < 1.29 is 9.53 Å². The third-order valence-electron chi connectivity index (χ3n) is 8.23. The van der Waals surface area contributed by atoms with Crippen LogP contribution in [0.1, 0.15) is 53.6 Å². The maximum Gasteiger partial charge on any atom is 0.259 e. The first-order chi connectivity index (χ1) is 20.2. The second-order valence-corrected chi connectivity index (χ2v) is 13.4. The number of fused-ring (bicyclic) bond motifs is 2. The summed E-state index contributed by atoms with van der Waals surface area (Å²) in [5, 5.41) is 5.47. The number of hydrogen-bond acceptors (Lipinski definition) is 4. The second-order valence-electron chi connectivity index (χ2n) is 11.9. The fourth-order valence-electron chi connectivity index (χ4n) is 5.83. The van der Waals surface area contributed by atoms with Gasteiger partial charge in [0.1, 0.15) is 10.8 Å². The van der Waals surface area contributed by atoms with Gasteiger partial charge in [-0.1, -0.05) is 74.8 Å². The molecule has 1 aliphatic carbocycles. The fraction of sp³-hybridized carbons (Fsp3) is 0.257. The van der Waals surface area contributed by atoms with E-state index in [4.69, 9.17) is 21.3 Å². The molecule has 0 unspecified atom stereocenters. The fourth-order valence-corrected chi connectivity index (χ4v) is 7.23. The number of methoxy groups -OCH3 is 1. The molecule has 0 aliphatic heterocycles. The zero-order valence-electron chi connectivity index (χ0n) is 24.3. The van der Waals surface area contributed by atoms with Crippen LogP contribution < -0.4 is 10.1 Å². The van der Waals surface area contributed by atoms with E-state index in [0.29, 0.717) is 22.2 Å². The predicted molar refractivity (Wildman–Crippen MR) is 176 cm³/mol. The minimum atomic E-state index is -0.139. The monoisotopic (exact) mass is 595 g/mol. The van der Waals surface area contributed by atoms with E-state index in [2.05, 4.69) is 49.3 Å². The smallest absolute Gasteiger partial charge is 0.259 e. The summed E-state index contributed by atoms with van der Waals surface area (Å²) in [5.74, 6) is 1.19. The molecular weight excluding hydrogens is 562 g/mol. The summed E-state index contributed by atoms with van der Waals surface area (Å²) >= 11 is 7.73. The van der Waals surface area contributed by atoms with Crippen LogP contribution in [-0.2, 0) is 12.8 Å². The summed E-state index contributed by atoms with van der Waals surface area (Å²) in [6.45, 7) is 6.92. The van der Waals surface area contributed by atoms with Crippen molar-refractivity contribution in [3.8, 4) is 17.0 Å². The third kappa shape index (κ3) is 5.49. The van der Waals surface area contributed by atoms with Crippen LogP contribution in [0.4, 0.5) is 10.7 Å². The number of nitrogens with zero attached hydrogens (tertiary/aromatic N) is 1. The number of H-pyrrole nitrogens is 1. The number of nitrogens with one attached hydrogen (secondary N) is 2. The van der Waals surface area contributed by atoms with Gasteiger partial charge in [0.05, 0.1) is 23.9 Å². The molecule has 1 aliphatic rings. The Bertz CT molecular complexity index is 1780. The SMILES string of the molecule is COc1cccc2c(C=Nc3sc4c(c3C(=O)Nc3ccc(Cl)cc3)CC[C@H](C(C)(C)C)C4)c(-c3ccccc3)[nH]c12. The predicted octanol–water partition coefficient (Wildman–Crippen LogP) is 9.71. The Labute approximate surface area is 255 Å². The Kier molecular flexibility index (Phi) is 7.69. The van der Waals surface area contributed by atoms with E-state index in [-0.39, 0.29) is 11.3 Å². The first kappa shape index (κ1) is 28.3. The zero-order chi connectivity index (χ0) is 29.4. The third-order valence-corrected chi connectivity index (χ3v) is 9.64. The van der Waals surface area contributed by atoms with E-state index < -0.39 is 0 Å². The van der Waals surface area contributed by atoms with Crippen LogP contribution in [0.5, 0.6) is 5.75 Å². The standard InChI is InChI=1S/C35H34ClN3O2S/c1-35(2,3)22-13-18-26-29(19-22)42-34(30(26)33(40)38-24-16-14-23(36)15-17-24)37-20-27-25-11-8-12-28(41-4)32(25)39-31(27)21-9-6-5-7-10-21/h5-12,14-17,20,22,39H,13,18-19H2,1-4H3,(H,38,40)/t22-/m0/s1. The van der Waals surface area contributed by atoms with Crippen LogP contribution in [0.25, 0.3) is 22.2 Å². The van der Waals surface area contributed by atoms with E-state index in [9.17, 15) is 4.79 Å². The summed E-state index contributed by atoms with van der Waals surface area (Å²) in [5.41, 5.74) is 6.59. The van der Waals surface area contributed by atoms with E-state index in [1.165, 1.54) is 4.88 Å². The number of benzene rings is 3. The van der Waals surface area contributed by atoms with Crippen LogP contribution in [0.15, 0.2) is 77.8 Å². The molecule has 0 bridgehead atoms. The Morgan fingerprint density at radius 1 is 1.07 bits per heavy atom. The van der Waals surface area contributed by atoms with Gasteiger partial charge < -0.3 is 15.0 Å². The van der Waals surface area contributed by atoms with Crippen LogP contribution in [0.3, 0.4) is 0 Å². The van der Waals surface area contributed by atoms with E-state index in [1.807, 2.05) is 48.7 Å². The molecule has 1 atom stereocenters. The number of halogens is 1. The van der Waals surface area contributed by atoms with Gasteiger partial charge in [0, 0.05) is 32.8 Å². The molecule has 2 N–H and O–H groups in total. The molecule has 5 aromatic rings. The van der Waals surface area contributed by atoms with Crippen molar-refractivity contribution in [3.05, 3.63) is 99.4 Å². The highest BCUT2D eigenvalue weighted by Gasteiger charge is 2.33. The molecule has 5 nitrogen and oxygen atoms in total. The van der Waals surface area contributed by atoms with E-state index in [0.717, 1.165) is 63.3 Å². The number of amides is 1. The number of para-hydroxylation sites is 1. The van der Waals surface area contributed by atoms with Gasteiger partial charge in [-0.05, 0) is 72.1 Å². The molecule has 2 heterocycles. The number of thiophene rings is 1. The largest absolute Gasteiger partial charge is 0.495 e. The van der Waals surface area contributed by atoms with Crippen molar-refractivity contribution in [2.24, 2.45) is 16.3 Å². The highest BCUT2D eigenvalue weighted by Crippen LogP contribution is 2.46. The summed E-state index contributed by atoms with van der Waals surface area (Å²) in [4.78, 5) is 23.7. The quantitative estimate of drug-likeness (QED) is 0.192. The number of anilines is 1. The summed E-state index contributed by atoms with van der Waals surface area (Å²) in [6, 6.07) is 23.4. The molecule has 0 fully saturated rings. The first-order valence-electron chi connectivity index (χ1n) is 14.2. The van der Waals surface area contributed by atoms with Gasteiger partial charge in [0.2, 0.25) is 0 Å². The van der Waals surface area contributed by atoms with Crippen molar-refractivity contribution in [1.82, 2.24) is 4.98 Å². The molecule has 0 saturated carbocycles. The highest BCUT2D eigenvalue weighted by molar-refractivity contribution is 7.16. The summed E-state index contributed by atoms with van der Waals surface area (Å²) in [6.07, 6.45) is 4.78. The normalized spacial score (nSPS) is 15.2. The van der Waals surface area contributed by atoms with Gasteiger partial charge in [-0.2, -0.15) is 0 Å². The molecule has 214 valence electrons. The number of ether oxygens (including phenoxy) is 1. The maximum atomic E-state index is 13.8. The lowest BCUT2D eigenvalue weighted by atomic mass is 9.72. The van der Waals surface area contributed by atoms with Gasteiger partial charge in [-0.3, -0.25) is 4.79 Å². The Balaban J connectivity index is 1.46. The highest BCUT2D eigenvalue weighted by atomic mass is 35.5. The van der Waals surface area contributed by atoms with Gasteiger partial charge >= 0.3 is 0 Å². The van der Waals surface area contributed by atoms with Crippen LogP contribution in [-0.4, -0.2) is 24.2 Å². The van der Waals surface area contributed by atoms with Crippen LogP contribution in [0.2, 0.25) is 5.02 Å². The molecule has 2 aromatic heterocycles. The van der Waals surface area contributed by atoms with Gasteiger partial charge in [-0.25, -0.2) is 4.99 Å². The zero-order valence-corrected chi connectivity index (χ0v) is 25.8. The number of rotatable bonds is 6. The average Bonchev–Trinajstić information content (AvgIpc) is 3.55. The summed E-state index contributed by atoms with van der Waals surface area (Å²) in [7, 11) is 1.68. The minimum Gasteiger partial charge on any atom is -0.495 e. The van der Waals surface area contributed by atoms with Crippen molar-refractivity contribution in [3.63, 3.8) is 0 Å². The molecule has 42 heavy (non-hydrogen) atoms. The van der Waals surface area contributed by atoms with Gasteiger partial charge in [0.25, 0.3) is 5.91 Å². The molecule has 7 heteroatoms. The number of hydrogen-bond donors (Lipinski definition) is 2. The van der Waals surface area contributed by atoms with E-state index >= 15 is 0 Å². The van der Waals surface area contributed by atoms with Crippen molar-refractivity contribution in [2.75, 3.05) is 12.4 Å². The Morgan fingerprint density at radius 2 is 1.83 bits per heavy atom. The molecule has 6 rings (SSSR count). The minimum absolute atomic E-state index is 0.139. The number of aliphatic imine (C=N–C) groups is 1. The number of aromatic amines is 1. The molecule has 3 aromatic carbocycles. The maximum absolute atomic E-state index is 13.8. The Morgan fingerprint density at radius 3 is 2.55 bits per heavy atom. The van der Waals surface area contributed by atoms with Crippen molar-refractivity contribution in [2.45, 2.75) is 40.0 Å². The van der Waals surface area contributed by atoms with E-state index in [1.54, 1.807) is 30.6 Å². The lowest BCUT2D eigenvalue weighted by Gasteiger charge is -2.33. The second kappa shape index (κ2) is 11.4. The lowest BCUT2D eigenvalue weighted by molar-refractivity contribution is 0.102. The van der Waals surface area contributed by atoms with Gasteiger partial charge in [-0.15, -0.1) is 11.3 Å². The van der Waals surface area contributed by atoms with Crippen molar-refractivity contribution in [1.29, 1.82) is 0 Å². The average molecular weight is 596 g/mol. The van der Waals surface area contributed by atoms with Crippen LogP contribution >= 0.6 is 22.9 Å². The Hall–Kier alpha value is -3.87.